The molecule has 7 N–H and O–H groups in total. The lowest BCUT2D eigenvalue weighted by Gasteiger charge is -2.50. The molecule has 0 radical (unpaired) electrons. The molecule has 3 aliphatic carbocycles. The van der Waals surface area contributed by atoms with E-state index in [0.29, 0.717) is 11.3 Å². The van der Waals surface area contributed by atoms with Gasteiger partial charge in [0.1, 0.15) is 22.8 Å². The van der Waals surface area contributed by atoms with Crippen molar-refractivity contribution in [2.24, 2.45) is 17.6 Å². The van der Waals surface area contributed by atoms with E-state index in [4.69, 9.17) is 5.73 Å². The largest absolute Gasteiger partial charge is 0.508 e. The first-order valence-electron chi connectivity index (χ1n) is 12.7. The first-order valence-corrected chi connectivity index (χ1v) is 12.7. The Bertz CT molecular complexity index is 1410. The number of carbonyl (C=O) groups is 4. The van der Waals surface area contributed by atoms with Crippen LogP contribution in [0, 0.1) is 11.8 Å². The van der Waals surface area contributed by atoms with Crippen LogP contribution in [-0.4, -0.2) is 114 Å². The number of fused-ring (bicyclic) bond motifs is 3. The molecule has 1 aromatic rings. The van der Waals surface area contributed by atoms with Crippen molar-refractivity contribution >= 4 is 65.3 Å². The van der Waals surface area contributed by atoms with Gasteiger partial charge in [0, 0.05) is 31.3 Å². The van der Waals surface area contributed by atoms with Gasteiger partial charge in [-0.3, -0.25) is 24.1 Å². The molecule has 0 aromatic heterocycles. The number of nitrogens with one attached hydrogen (secondary N) is 1. The van der Waals surface area contributed by atoms with Crippen LogP contribution in [0.5, 0.6) is 5.75 Å². The van der Waals surface area contributed by atoms with Gasteiger partial charge in [0.15, 0.2) is 11.4 Å². The summed E-state index contributed by atoms with van der Waals surface area (Å²) in [5, 5.41) is 48.0. The number of amides is 2. The van der Waals surface area contributed by atoms with E-state index in [2.05, 4.69) is 5.32 Å². The number of halogens is 2. The summed E-state index contributed by atoms with van der Waals surface area (Å²) in [4.78, 5) is 56.6. The van der Waals surface area contributed by atoms with Gasteiger partial charge >= 0.3 is 0 Å². The zero-order valence-corrected chi connectivity index (χ0v) is 25.7. The van der Waals surface area contributed by atoms with Gasteiger partial charge < -0.3 is 41.3 Å². The van der Waals surface area contributed by atoms with Crippen LogP contribution in [-0.2, 0) is 25.6 Å². The number of phenolic OH excluding ortho intramolecular Hbond substituents is 1. The third-order valence-corrected chi connectivity index (χ3v) is 7.91. The molecule has 0 spiro atoms. The molecule has 4 rings (SSSR count). The molecule has 4 atom stereocenters. The van der Waals surface area contributed by atoms with Crippen LogP contribution in [0.4, 0.5) is 11.4 Å². The molecule has 2 amide bonds. The van der Waals surface area contributed by atoms with Crippen molar-refractivity contribution in [2.45, 2.75) is 24.5 Å². The van der Waals surface area contributed by atoms with Crippen molar-refractivity contribution in [3.63, 3.8) is 0 Å². The minimum absolute atomic E-state index is 0. The van der Waals surface area contributed by atoms with Crippen LogP contribution < -0.4 is 16.0 Å². The van der Waals surface area contributed by atoms with E-state index in [-0.39, 0.29) is 61.0 Å². The molecule has 13 nitrogen and oxygen atoms in total. The van der Waals surface area contributed by atoms with Crippen molar-refractivity contribution in [2.75, 3.05) is 59.0 Å². The Balaban J connectivity index is 0.00000308. The molecule has 0 aliphatic heterocycles. The third-order valence-electron chi connectivity index (χ3n) is 7.91. The maximum absolute atomic E-state index is 14.0. The Hall–Kier alpha value is -3.36. The van der Waals surface area contributed by atoms with E-state index in [9.17, 15) is 39.6 Å². The van der Waals surface area contributed by atoms with Crippen LogP contribution in [0.3, 0.4) is 0 Å². The summed E-state index contributed by atoms with van der Waals surface area (Å²) in [5.41, 5.74) is 2.48. The number of Topliss-reactive ketones (excluding diaryl/α,β-unsaturated/α-hetero) is 2. The second-order valence-electron chi connectivity index (χ2n) is 11.3. The highest BCUT2D eigenvalue weighted by Crippen LogP contribution is 2.54. The number of benzene rings is 1. The topological polar surface area (TPSA) is 197 Å². The van der Waals surface area contributed by atoms with Gasteiger partial charge in [0.05, 0.1) is 23.8 Å². The molecular weight excluding hydrogens is 593 g/mol. The lowest BCUT2D eigenvalue weighted by Crippen LogP contribution is -2.65. The summed E-state index contributed by atoms with van der Waals surface area (Å²) in [5.74, 6) is -7.73. The van der Waals surface area contributed by atoms with Crippen LogP contribution in [0.2, 0.25) is 0 Å². The Labute approximate surface area is 255 Å². The van der Waals surface area contributed by atoms with Crippen molar-refractivity contribution in [3.8, 4) is 5.75 Å². The summed E-state index contributed by atoms with van der Waals surface area (Å²) < 4.78 is 0. The number of hydrogen-bond donors (Lipinski definition) is 6. The predicted octanol–water partition coefficient (Wildman–Crippen LogP) is 0.374. The van der Waals surface area contributed by atoms with E-state index in [1.807, 2.05) is 0 Å². The fourth-order valence-corrected chi connectivity index (χ4v) is 6.26. The van der Waals surface area contributed by atoms with Gasteiger partial charge in [-0.15, -0.1) is 24.8 Å². The first-order chi connectivity index (χ1) is 18.5. The average molecular weight is 631 g/mol. The Morgan fingerprint density at radius 2 is 1.67 bits per heavy atom. The predicted molar refractivity (Wildman–Crippen MR) is 160 cm³/mol. The second-order valence-corrected chi connectivity index (χ2v) is 11.3. The smallest absolute Gasteiger partial charge is 0.255 e. The molecule has 0 heterocycles. The number of aliphatic hydroxyl groups excluding tert-OH is 2. The number of primary amides is 1. The van der Waals surface area contributed by atoms with Crippen LogP contribution >= 0.6 is 24.8 Å². The van der Waals surface area contributed by atoms with E-state index in [1.165, 1.54) is 4.90 Å². The van der Waals surface area contributed by atoms with E-state index >= 15 is 0 Å². The molecular formula is C27H37Cl2N5O8. The number of anilines is 2. The Morgan fingerprint density at radius 1 is 1.07 bits per heavy atom. The number of nitrogens with zero attached hydrogens (tertiary/aromatic N) is 3. The highest BCUT2D eigenvalue weighted by Gasteiger charge is 2.64. The Morgan fingerprint density at radius 3 is 2.17 bits per heavy atom. The summed E-state index contributed by atoms with van der Waals surface area (Å²) in [6, 6.07) is 0.412. The monoisotopic (exact) mass is 629 g/mol. The van der Waals surface area contributed by atoms with E-state index in [1.54, 1.807) is 58.2 Å². The zero-order chi connectivity index (χ0) is 30.0. The highest BCUT2D eigenvalue weighted by molar-refractivity contribution is 6.24. The molecule has 1 saturated carbocycles. The van der Waals surface area contributed by atoms with Crippen molar-refractivity contribution in [3.05, 3.63) is 34.1 Å². The standard InChI is InChI=1S/C27H35N5O8.2ClH/c1-30(2)10-16(33)29-14-9-15(31(3)4)12-7-11-8-13-20(32(5)6)23(36)19(26(28)39)25(38)27(13,40)24(37)17(11)22(35)18(12)21(14)34;;/h9,11,13,20,34-35,38,40H,7-8,10H2,1-6H3,(H2,28,39)(H,29,33);2*1H/t11?,13?,20-,27?;;/m0../s1. The fourth-order valence-electron chi connectivity index (χ4n) is 6.26. The average Bonchev–Trinajstić information content (AvgIpc) is 2.81. The summed E-state index contributed by atoms with van der Waals surface area (Å²) in [6.45, 7) is 0.0233. The zero-order valence-electron chi connectivity index (χ0n) is 24.1. The molecule has 0 saturated heterocycles. The summed E-state index contributed by atoms with van der Waals surface area (Å²) in [6.07, 6.45) is 0.127. The van der Waals surface area contributed by atoms with Gasteiger partial charge in [-0.2, -0.15) is 0 Å². The maximum Gasteiger partial charge on any atom is 0.255 e. The number of likely N-dealkylation sites (N-methyl/N-ethyl adjacent to an activating group) is 2. The molecule has 1 aromatic carbocycles. The number of ketones is 2. The van der Waals surface area contributed by atoms with Crippen LogP contribution in [0.15, 0.2) is 23.0 Å². The minimum atomic E-state index is -2.72. The van der Waals surface area contributed by atoms with Crippen molar-refractivity contribution in [1.82, 2.24) is 9.80 Å². The first kappa shape index (κ1) is 34.8. The van der Waals surface area contributed by atoms with Crippen LogP contribution in [0.1, 0.15) is 17.5 Å². The number of rotatable bonds is 6. The number of phenols is 1. The van der Waals surface area contributed by atoms with Gasteiger partial charge in [0.25, 0.3) is 5.91 Å². The van der Waals surface area contributed by atoms with Gasteiger partial charge in [0.2, 0.25) is 11.7 Å². The second kappa shape index (κ2) is 12.1. The number of hydrogen-bond acceptors (Lipinski definition) is 11. The highest BCUT2D eigenvalue weighted by atomic mass is 35.5. The molecule has 42 heavy (non-hydrogen) atoms. The van der Waals surface area contributed by atoms with E-state index < -0.39 is 69.7 Å². The van der Waals surface area contributed by atoms with Gasteiger partial charge in [-0.1, -0.05) is 0 Å². The molecule has 1 fully saturated rings. The molecule has 3 aliphatic rings. The fraction of sp³-hybridized carbons (Fsp3) is 0.481. The van der Waals surface area contributed by atoms with Crippen LogP contribution in [0.25, 0.3) is 5.76 Å². The lowest BCUT2D eigenvalue weighted by atomic mass is 9.57. The SMILES string of the molecule is CN(C)CC(=O)Nc1cc(N(C)C)c2c(c1O)C(O)=C1C(=O)C3(O)C(O)=C(C(N)=O)C(=O)[C@@H](N(C)C)C3CC1C2.Cl.Cl. The normalized spacial score (nSPS) is 24.8. The third kappa shape index (κ3) is 5.20. The van der Waals surface area contributed by atoms with Gasteiger partial charge in [-0.05, 0) is 58.6 Å². The van der Waals surface area contributed by atoms with Gasteiger partial charge in [-0.25, -0.2) is 0 Å². The quantitative estimate of drug-likeness (QED) is 0.188. The minimum Gasteiger partial charge on any atom is -0.508 e. The summed E-state index contributed by atoms with van der Waals surface area (Å²) in [7, 11) is 9.98. The number of carbonyl (C=O) groups excluding carboxylic acids is 4. The molecule has 15 heteroatoms. The number of aliphatic hydroxyl groups is 3. The molecule has 0 bridgehead atoms. The number of aromatic hydroxyl groups is 1. The van der Waals surface area contributed by atoms with E-state index in [0.717, 1.165) is 0 Å². The lowest BCUT2D eigenvalue weighted by molar-refractivity contribution is -0.153. The van der Waals surface area contributed by atoms with Crippen molar-refractivity contribution < 1.29 is 39.6 Å². The maximum atomic E-state index is 14.0. The van der Waals surface area contributed by atoms with Crippen molar-refractivity contribution in [1.29, 1.82) is 0 Å². The molecule has 3 unspecified atom stereocenters. The number of nitrogens with two attached hydrogens (primary N) is 1. The Kier molecular flexibility index (Phi) is 10.0. The summed E-state index contributed by atoms with van der Waals surface area (Å²) >= 11 is 0. The molecule has 232 valence electrons.